The van der Waals surface area contributed by atoms with E-state index in [1.165, 1.54) is 39.7 Å². The molecule has 5 heteroatoms. The first-order valence-corrected chi connectivity index (χ1v) is 17.3. The smallest absolute Gasteiger partial charge is 0.311 e. The monoisotopic (exact) mass is 623 g/mol. The third-order valence-corrected chi connectivity index (χ3v) is 14.3. The number of aromatic amines is 1. The van der Waals surface area contributed by atoms with E-state index >= 15 is 0 Å². The van der Waals surface area contributed by atoms with Gasteiger partial charge in [0, 0.05) is 35.2 Å². The van der Waals surface area contributed by atoms with Gasteiger partial charge in [0.05, 0.1) is 19.6 Å². The van der Waals surface area contributed by atoms with E-state index in [2.05, 4.69) is 90.0 Å². The number of nitrogens with one attached hydrogen (secondary N) is 1. The molecule has 7 rings (SSSR count). The van der Waals surface area contributed by atoms with Crippen molar-refractivity contribution in [2.45, 2.75) is 99.5 Å². The second-order valence-corrected chi connectivity index (χ2v) is 16.6. The average Bonchev–Trinajstić information content (AvgIpc) is 3.45. The fourth-order valence-electron chi connectivity index (χ4n) is 11.2. The largest absolute Gasteiger partial charge is 0.498 e. The van der Waals surface area contributed by atoms with Crippen LogP contribution in [-0.4, -0.2) is 38.4 Å². The lowest BCUT2D eigenvalue weighted by Crippen LogP contribution is -2.62. The van der Waals surface area contributed by atoms with Gasteiger partial charge in [-0.15, -0.1) is 0 Å². The van der Waals surface area contributed by atoms with Crippen molar-refractivity contribution in [1.29, 1.82) is 0 Å². The molecule has 3 fully saturated rings. The van der Waals surface area contributed by atoms with Crippen LogP contribution in [0.1, 0.15) is 97.6 Å². The molecule has 0 bridgehead atoms. The van der Waals surface area contributed by atoms with E-state index in [4.69, 9.17) is 14.2 Å². The second kappa shape index (κ2) is 10.2. The number of carbonyl (C=O) groups excluding carboxylic acids is 1. The maximum atomic E-state index is 13.2. The molecular formula is C41H53NO4. The van der Waals surface area contributed by atoms with Crippen molar-refractivity contribution in [1.82, 2.24) is 4.98 Å². The Balaban J connectivity index is 1.47. The predicted molar refractivity (Wildman–Crippen MR) is 185 cm³/mol. The van der Waals surface area contributed by atoms with Gasteiger partial charge in [-0.3, -0.25) is 4.79 Å². The lowest BCUT2D eigenvalue weighted by molar-refractivity contribution is -0.180. The molecule has 0 aliphatic heterocycles. The molecule has 1 N–H and O–H groups in total. The standard InChI is InChI=1S/C41H53NO4/c1-24-11-12-26-28(23-42-30(26)19-24)27-20-32-39(5,29-21-31(44-8)35(45-9)25(2)34(27)29)16-18-41(7)33-22-38(4,36(43)46-10)14-13-37(33,3)15-17-40(32,41)6/h11-12,19-21,23,31,33,42H,13-18,22H2,1-10H3/t31?,33-,37-,38-,39+,40-,41+/m1/s1. The molecular weight excluding hydrogens is 570 g/mol. The van der Waals surface area contributed by atoms with Crippen LogP contribution < -0.4 is 0 Å². The maximum Gasteiger partial charge on any atom is 0.311 e. The SMILES string of the molecule is COC(=O)[C@]1(C)CC[C@]2(C)CC[C@]3(C)C4=CC(c5c[nH]c6cc(C)ccc56)=C5C(=CC(OC)C(OC)=C5C)[C@]4(C)CC[C@@]3(C)[C@@H]2C1. The Labute approximate surface area is 275 Å². The van der Waals surface area contributed by atoms with Crippen molar-refractivity contribution in [3.05, 3.63) is 75.7 Å². The first-order chi connectivity index (χ1) is 21.7. The summed E-state index contributed by atoms with van der Waals surface area (Å²) in [5.41, 5.74) is 9.97. The zero-order chi connectivity index (χ0) is 33.0. The van der Waals surface area contributed by atoms with Crippen molar-refractivity contribution in [3.63, 3.8) is 0 Å². The summed E-state index contributed by atoms with van der Waals surface area (Å²) >= 11 is 0. The molecule has 2 aromatic rings. The number of allylic oxidation sites excluding steroid dienone is 6. The lowest BCUT2D eigenvalue weighted by Gasteiger charge is -2.70. The molecule has 1 aromatic carbocycles. The van der Waals surface area contributed by atoms with E-state index in [0.29, 0.717) is 5.92 Å². The van der Waals surface area contributed by atoms with Gasteiger partial charge in [0.1, 0.15) is 11.9 Å². The molecule has 0 radical (unpaired) electrons. The van der Waals surface area contributed by atoms with Crippen LogP contribution in [0.2, 0.25) is 0 Å². The van der Waals surface area contributed by atoms with E-state index in [1.54, 1.807) is 26.9 Å². The quantitative estimate of drug-likeness (QED) is 0.345. The Bertz CT molecular complexity index is 1770. The Morgan fingerprint density at radius 3 is 2.37 bits per heavy atom. The van der Waals surface area contributed by atoms with E-state index in [9.17, 15) is 4.79 Å². The van der Waals surface area contributed by atoms with Gasteiger partial charge in [-0.05, 0) is 128 Å². The molecule has 0 amide bonds. The number of aromatic nitrogens is 1. The highest BCUT2D eigenvalue weighted by molar-refractivity contribution is 6.00. The molecule has 1 aromatic heterocycles. The van der Waals surface area contributed by atoms with Crippen molar-refractivity contribution < 1.29 is 19.0 Å². The molecule has 5 aliphatic rings. The molecule has 0 spiro atoms. The number of rotatable bonds is 4. The molecule has 1 unspecified atom stereocenters. The molecule has 7 atom stereocenters. The summed E-state index contributed by atoms with van der Waals surface area (Å²) in [5.74, 6) is 1.28. The fourth-order valence-corrected chi connectivity index (χ4v) is 11.2. The highest BCUT2D eigenvalue weighted by Crippen LogP contribution is 2.76. The normalized spacial score (nSPS) is 38.7. The summed E-state index contributed by atoms with van der Waals surface area (Å²) in [6, 6.07) is 6.73. The summed E-state index contributed by atoms with van der Waals surface area (Å²) in [7, 11) is 5.11. The van der Waals surface area contributed by atoms with E-state index in [1.807, 2.05) is 0 Å². The Morgan fingerprint density at radius 2 is 1.67 bits per heavy atom. The molecule has 0 saturated heterocycles. The number of aryl methyl sites for hydroxylation is 1. The molecule has 3 saturated carbocycles. The molecule has 46 heavy (non-hydrogen) atoms. The van der Waals surface area contributed by atoms with Gasteiger partial charge in [0.2, 0.25) is 0 Å². The zero-order valence-corrected chi connectivity index (χ0v) is 29.7. The highest BCUT2D eigenvalue weighted by atomic mass is 16.5. The molecule has 1 heterocycles. The first-order valence-electron chi connectivity index (χ1n) is 17.3. The molecule has 5 aliphatic carbocycles. The third-order valence-electron chi connectivity index (χ3n) is 14.3. The lowest BCUT2D eigenvalue weighted by atomic mass is 9.34. The van der Waals surface area contributed by atoms with Crippen molar-refractivity contribution in [2.24, 2.45) is 33.0 Å². The van der Waals surface area contributed by atoms with Crippen LogP contribution in [0.25, 0.3) is 16.5 Å². The minimum absolute atomic E-state index is 0.0402. The van der Waals surface area contributed by atoms with Crippen LogP contribution in [-0.2, 0) is 19.0 Å². The van der Waals surface area contributed by atoms with Crippen LogP contribution >= 0.6 is 0 Å². The number of carbonyl (C=O) groups is 1. The van der Waals surface area contributed by atoms with Crippen LogP contribution in [0, 0.1) is 39.9 Å². The van der Waals surface area contributed by atoms with Gasteiger partial charge < -0.3 is 19.2 Å². The maximum absolute atomic E-state index is 13.2. The Kier molecular flexibility index (Phi) is 7.01. The Hall–Kier alpha value is -3.05. The number of methoxy groups -OCH3 is 3. The number of hydrogen-bond acceptors (Lipinski definition) is 4. The van der Waals surface area contributed by atoms with E-state index < -0.39 is 5.41 Å². The summed E-state index contributed by atoms with van der Waals surface area (Å²) in [6.07, 6.45) is 14.4. The summed E-state index contributed by atoms with van der Waals surface area (Å²) in [6.45, 7) is 16.7. The van der Waals surface area contributed by atoms with Crippen molar-refractivity contribution in [2.75, 3.05) is 21.3 Å². The van der Waals surface area contributed by atoms with Gasteiger partial charge in [-0.25, -0.2) is 0 Å². The van der Waals surface area contributed by atoms with E-state index in [-0.39, 0.29) is 33.7 Å². The van der Waals surface area contributed by atoms with Gasteiger partial charge >= 0.3 is 5.97 Å². The van der Waals surface area contributed by atoms with Crippen LogP contribution in [0.5, 0.6) is 0 Å². The summed E-state index contributed by atoms with van der Waals surface area (Å²) in [4.78, 5) is 16.8. The van der Waals surface area contributed by atoms with Gasteiger partial charge in [0.25, 0.3) is 0 Å². The number of ether oxygens (including phenoxy) is 3. The van der Waals surface area contributed by atoms with Crippen molar-refractivity contribution >= 4 is 22.4 Å². The summed E-state index contributed by atoms with van der Waals surface area (Å²) < 4.78 is 17.5. The van der Waals surface area contributed by atoms with Gasteiger partial charge in [-0.2, -0.15) is 0 Å². The van der Waals surface area contributed by atoms with Crippen LogP contribution in [0.3, 0.4) is 0 Å². The van der Waals surface area contributed by atoms with Crippen LogP contribution in [0.15, 0.2) is 64.6 Å². The first kappa shape index (κ1) is 31.5. The number of benzene rings is 1. The second-order valence-electron chi connectivity index (χ2n) is 16.6. The van der Waals surface area contributed by atoms with Crippen LogP contribution in [0.4, 0.5) is 0 Å². The topological polar surface area (TPSA) is 60.6 Å². The number of H-pyrrole nitrogens is 1. The number of fused-ring (bicyclic) bond motifs is 8. The Morgan fingerprint density at radius 1 is 0.935 bits per heavy atom. The summed E-state index contributed by atoms with van der Waals surface area (Å²) in [5, 5.41) is 1.25. The highest BCUT2D eigenvalue weighted by Gasteiger charge is 2.67. The third kappa shape index (κ3) is 3.99. The fraction of sp³-hybridized carbons (Fsp3) is 0.585. The van der Waals surface area contributed by atoms with Gasteiger partial charge in [-0.1, -0.05) is 51.5 Å². The average molecular weight is 624 g/mol. The zero-order valence-electron chi connectivity index (χ0n) is 29.7. The molecule has 246 valence electrons. The minimum atomic E-state index is -0.432. The molecule has 5 nitrogen and oxygen atoms in total. The number of esters is 1. The minimum Gasteiger partial charge on any atom is -0.498 e. The predicted octanol–water partition coefficient (Wildman–Crippen LogP) is 9.64. The van der Waals surface area contributed by atoms with Crippen molar-refractivity contribution in [3.8, 4) is 0 Å². The van der Waals surface area contributed by atoms with E-state index in [0.717, 1.165) is 55.4 Å². The van der Waals surface area contributed by atoms with Gasteiger partial charge in [0.15, 0.2) is 0 Å². The number of hydrogen-bond donors (Lipinski definition) is 1.